The molecule has 1 aromatic heterocycles. The predicted molar refractivity (Wildman–Crippen MR) is 86.0 cm³/mol. The second kappa shape index (κ2) is 6.54. The Labute approximate surface area is 135 Å². The molecule has 0 saturated carbocycles. The van der Waals surface area contributed by atoms with Gasteiger partial charge in [-0.15, -0.1) is 0 Å². The number of hydrogen-bond acceptors (Lipinski definition) is 6. The first-order chi connectivity index (χ1) is 11.1. The SMILES string of the molecule is CCn1c(CNN)nc2cc(S(=O)(=O)N3CCOCC3)ccc21. The molecule has 1 aliphatic heterocycles. The van der Waals surface area contributed by atoms with E-state index in [1.165, 1.54) is 4.31 Å². The molecule has 126 valence electrons. The molecule has 2 aromatic rings. The van der Waals surface area contributed by atoms with Crippen LogP contribution in [0.2, 0.25) is 0 Å². The third-order valence-electron chi connectivity index (χ3n) is 3.98. The third-order valence-corrected chi connectivity index (χ3v) is 5.88. The third kappa shape index (κ3) is 2.98. The Hall–Kier alpha value is -1.52. The second-order valence-electron chi connectivity index (χ2n) is 5.32. The number of benzene rings is 1. The molecule has 0 unspecified atom stereocenters. The van der Waals surface area contributed by atoms with Crippen LogP contribution < -0.4 is 11.3 Å². The van der Waals surface area contributed by atoms with Gasteiger partial charge in [-0.05, 0) is 25.1 Å². The van der Waals surface area contributed by atoms with Gasteiger partial charge in [-0.3, -0.25) is 11.3 Å². The highest BCUT2D eigenvalue weighted by molar-refractivity contribution is 7.89. The molecule has 1 aliphatic rings. The van der Waals surface area contributed by atoms with Crippen molar-refractivity contribution in [3.63, 3.8) is 0 Å². The van der Waals surface area contributed by atoms with Gasteiger partial charge in [-0.2, -0.15) is 4.31 Å². The molecule has 1 fully saturated rings. The van der Waals surface area contributed by atoms with Crippen molar-refractivity contribution in [3.05, 3.63) is 24.0 Å². The van der Waals surface area contributed by atoms with E-state index in [-0.39, 0.29) is 4.90 Å². The van der Waals surface area contributed by atoms with Crippen molar-refractivity contribution in [1.29, 1.82) is 0 Å². The van der Waals surface area contributed by atoms with Crippen LogP contribution in [0.25, 0.3) is 11.0 Å². The highest BCUT2D eigenvalue weighted by atomic mass is 32.2. The van der Waals surface area contributed by atoms with E-state index < -0.39 is 10.0 Å². The lowest BCUT2D eigenvalue weighted by atomic mass is 10.3. The van der Waals surface area contributed by atoms with Crippen LogP contribution in [0.1, 0.15) is 12.7 Å². The molecular weight excluding hydrogens is 318 g/mol. The molecule has 0 radical (unpaired) electrons. The number of aryl methyl sites for hydroxylation is 1. The minimum absolute atomic E-state index is 0.264. The standard InChI is InChI=1S/C14H21N5O3S/c1-2-19-13-4-3-11(9-12(13)17-14(19)10-16-15)23(20,21)18-5-7-22-8-6-18/h3-4,9,16H,2,5-8,10,15H2,1H3. The van der Waals surface area contributed by atoms with E-state index in [4.69, 9.17) is 10.6 Å². The quantitative estimate of drug-likeness (QED) is 0.589. The van der Waals surface area contributed by atoms with Crippen LogP contribution in [0.4, 0.5) is 0 Å². The highest BCUT2D eigenvalue weighted by Crippen LogP contribution is 2.23. The molecule has 3 rings (SSSR count). The number of hydrogen-bond donors (Lipinski definition) is 2. The number of nitrogens with zero attached hydrogens (tertiary/aromatic N) is 3. The van der Waals surface area contributed by atoms with Gasteiger partial charge in [-0.25, -0.2) is 13.4 Å². The Kier molecular flexibility index (Phi) is 4.64. The van der Waals surface area contributed by atoms with Crippen LogP contribution >= 0.6 is 0 Å². The molecule has 9 heteroatoms. The van der Waals surface area contributed by atoms with Gasteiger partial charge in [0.05, 0.1) is 35.7 Å². The maximum atomic E-state index is 12.7. The number of nitrogens with two attached hydrogens (primary N) is 1. The molecule has 23 heavy (non-hydrogen) atoms. The number of fused-ring (bicyclic) bond motifs is 1. The Morgan fingerprint density at radius 3 is 2.74 bits per heavy atom. The molecule has 1 aromatic carbocycles. The van der Waals surface area contributed by atoms with Crippen LogP contribution in [0.5, 0.6) is 0 Å². The number of hydrazine groups is 1. The van der Waals surface area contributed by atoms with Crippen molar-refractivity contribution >= 4 is 21.1 Å². The zero-order chi connectivity index (χ0) is 16.4. The van der Waals surface area contributed by atoms with E-state index in [0.717, 1.165) is 17.9 Å². The lowest BCUT2D eigenvalue weighted by Crippen LogP contribution is -2.40. The minimum atomic E-state index is -3.51. The van der Waals surface area contributed by atoms with Crippen LogP contribution in [0.15, 0.2) is 23.1 Å². The fraction of sp³-hybridized carbons (Fsp3) is 0.500. The number of sulfonamides is 1. The molecular formula is C14H21N5O3S. The van der Waals surface area contributed by atoms with Crippen LogP contribution in [0.3, 0.4) is 0 Å². The summed E-state index contributed by atoms with van der Waals surface area (Å²) >= 11 is 0. The maximum absolute atomic E-state index is 12.7. The summed E-state index contributed by atoms with van der Waals surface area (Å²) in [5.41, 5.74) is 4.15. The van der Waals surface area contributed by atoms with Crippen LogP contribution in [-0.2, 0) is 27.8 Å². The molecule has 1 saturated heterocycles. The molecule has 0 bridgehead atoms. The highest BCUT2D eigenvalue weighted by Gasteiger charge is 2.27. The zero-order valence-corrected chi connectivity index (χ0v) is 13.8. The first-order valence-electron chi connectivity index (χ1n) is 7.58. The Bertz CT molecular complexity index is 796. The van der Waals surface area contributed by atoms with Crippen molar-refractivity contribution in [2.24, 2.45) is 5.84 Å². The van der Waals surface area contributed by atoms with E-state index >= 15 is 0 Å². The Balaban J connectivity index is 2.02. The van der Waals surface area contributed by atoms with Gasteiger partial charge < -0.3 is 9.30 Å². The van der Waals surface area contributed by atoms with Gasteiger partial charge in [0.1, 0.15) is 5.82 Å². The fourth-order valence-corrected chi connectivity index (χ4v) is 4.26. The summed E-state index contributed by atoms with van der Waals surface area (Å²) in [5.74, 6) is 6.17. The number of imidazole rings is 1. The summed E-state index contributed by atoms with van der Waals surface area (Å²) in [6.45, 7) is 4.80. The van der Waals surface area contributed by atoms with E-state index in [9.17, 15) is 8.42 Å². The van der Waals surface area contributed by atoms with Crippen LogP contribution in [0, 0.1) is 0 Å². The summed E-state index contributed by atoms with van der Waals surface area (Å²) < 4.78 is 34.1. The van der Waals surface area contributed by atoms with E-state index in [2.05, 4.69) is 10.4 Å². The van der Waals surface area contributed by atoms with Gasteiger partial charge >= 0.3 is 0 Å². The zero-order valence-electron chi connectivity index (χ0n) is 13.0. The molecule has 3 N–H and O–H groups in total. The fourth-order valence-electron chi connectivity index (χ4n) is 2.84. The van der Waals surface area contributed by atoms with E-state index in [1.807, 2.05) is 11.5 Å². The summed E-state index contributed by atoms with van der Waals surface area (Å²) in [6, 6.07) is 5.08. The topological polar surface area (TPSA) is 102 Å². The van der Waals surface area contributed by atoms with Gasteiger partial charge in [0.2, 0.25) is 10.0 Å². The molecule has 0 aliphatic carbocycles. The normalized spacial score (nSPS) is 17.0. The smallest absolute Gasteiger partial charge is 0.243 e. The van der Waals surface area contributed by atoms with Crippen LogP contribution in [-0.4, -0.2) is 48.6 Å². The van der Waals surface area contributed by atoms with Crippen molar-refractivity contribution in [2.45, 2.75) is 24.9 Å². The van der Waals surface area contributed by atoms with Crippen molar-refractivity contribution < 1.29 is 13.2 Å². The average Bonchev–Trinajstić information content (AvgIpc) is 2.92. The molecule has 0 spiro atoms. The van der Waals surface area contributed by atoms with Gasteiger partial charge in [0.25, 0.3) is 0 Å². The van der Waals surface area contributed by atoms with Crippen molar-refractivity contribution in [1.82, 2.24) is 19.3 Å². The van der Waals surface area contributed by atoms with Crippen molar-refractivity contribution in [3.8, 4) is 0 Å². The largest absolute Gasteiger partial charge is 0.379 e. The lowest BCUT2D eigenvalue weighted by molar-refractivity contribution is 0.0730. The summed E-state index contributed by atoms with van der Waals surface area (Å²) in [4.78, 5) is 4.77. The Morgan fingerprint density at radius 1 is 1.35 bits per heavy atom. The number of aromatic nitrogens is 2. The molecule has 8 nitrogen and oxygen atoms in total. The van der Waals surface area contributed by atoms with E-state index in [0.29, 0.717) is 38.4 Å². The van der Waals surface area contributed by atoms with E-state index in [1.54, 1.807) is 18.2 Å². The van der Waals surface area contributed by atoms with Gasteiger partial charge in [-0.1, -0.05) is 0 Å². The summed E-state index contributed by atoms with van der Waals surface area (Å²) in [5, 5.41) is 0. The number of rotatable bonds is 5. The summed E-state index contributed by atoms with van der Waals surface area (Å²) in [6.07, 6.45) is 0. The van der Waals surface area contributed by atoms with Crippen molar-refractivity contribution in [2.75, 3.05) is 26.3 Å². The second-order valence-corrected chi connectivity index (χ2v) is 7.26. The molecule has 0 atom stereocenters. The first kappa shape index (κ1) is 16.3. The summed E-state index contributed by atoms with van der Waals surface area (Å²) in [7, 11) is -3.51. The lowest BCUT2D eigenvalue weighted by Gasteiger charge is -2.26. The Morgan fingerprint density at radius 2 is 2.09 bits per heavy atom. The van der Waals surface area contributed by atoms with Gasteiger partial charge in [0, 0.05) is 19.6 Å². The molecule has 0 amide bonds. The predicted octanol–water partition coefficient (Wildman–Crippen LogP) is 0.0404. The number of morpholine rings is 1. The first-order valence-corrected chi connectivity index (χ1v) is 9.02. The maximum Gasteiger partial charge on any atom is 0.243 e. The monoisotopic (exact) mass is 339 g/mol. The molecule has 2 heterocycles. The van der Waals surface area contributed by atoms with Gasteiger partial charge in [0.15, 0.2) is 0 Å². The number of nitrogens with one attached hydrogen (secondary N) is 1. The average molecular weight is 339 g/mol. The minimum Gasteiger partial charge on any atom is -0.379 e. The number of ether oxygens (including phenoxy) is 1.